The number of carboxylic acids is 2. The standard InChI is InChI=1S/C4H6O4.C3H8N4O2/c5-3(6)1-2-4(7)8;4-6-2(8)1-3(9)7-5/h1-2H2,(H,5,6)(H,7,8);1,4-5H2,(H,6,8)(H,7,9). The molecule has 0 aliphatic carbocycles. The number of carboxylic acid groups (broad SMARTS) is 2. The van der Waals surface area contributed by atoms with E-state index in [9.17, 15) is 19.2 Å². The Morgan fingerprint density at radius 3 is 1.29 bits per heavy atom. The van der Waals surface area contributed by atoms with E-state index in [2.05, 4.69) is 11.7 Å². The van der Waals surface area contributed by atoms with Crippen LogP contribution in [0.3, 0.4) is 0 Å². The number of hydrazine groups is 2. The molecule has 0 aliphatic heterocycles. The zero-order valence-electron chi connectivity index (χ0n) is 8.80. The first-order valence-corrected chi connectivity index (χ1v) is 4.26. The molecule has 10 nitrogen and oxygen atoms in total. The summed E-state index contributed by atoms with van der Waals surface area (Å²) in [4.78, 5) is 39.7. The molecular weight excluding hydrogens is 236 g/mol. The lowest BCUT2D eigenvalue weighted by Gasteiger charge is -1.95. The molecule has 17 heavy (non-hydrogen) atoms. The smallest absolute Gasteiger partial charge is 0.303 e. The van der Waals surface area contributed by atoms with Gasteiger partial charge in [0.15, 0.2) is 0 Å². The lowest BCUT2D eigenvalue weighted by Crippen LogP contribution is -2.37. The second-order valence-corrected chi connectivity index (χ2v) is 2.60. The highest BCUT2D eigenvalue weighted by Crippen LogP contribution is 1.86. The fraction of sp³-hybridized carbons (Fsp3) is 0.429. The molecule has 0 aromatic heterocycles. The van der Waals surface area contributed by atoms with Crippen molar-refractivity contribution in [3.05, 3.63) is 0 Å². The van der Waals surface area contributed by atoms with E-state index < -0.39 is 23.8 Å². The molecule has 2 amide bonds. The number of hydrogen-bond donors (Lipinski definition) is 6. The molecule has 0 atom stereocenters. The van der Waals surface area contributed by atoms with Gasteiger partial charge in [-0.3, -0.25) is 30.0 Å². The summed E-state index contributed by atoms with van der Waals surface area (Å²) in [7, 11) is 0. The average Bonchev–Trinajstić information content (AvgIpc) is 2.26. The molecule has 0 heterocycles. The van der Waals surface area contributed by atoms with Gasteiger partial charge in [0.1, 0.15) is 6.42 Å². The molecule has 0 rings (SSSR count). The Kier molecular flexibility index (Phi) is 10.4. The zero-order chi connectivity index (χ0) is 13.8. The quantitative estimate of drug-likeness (QED) is 0.131. The summed E-state index contributed by atoms with van der Waals surface area (Å²) in [6.07, 6.45) is -0.933. The third-order valence-electron chi connectivity index (χ3n) is 1.20. The third kappa shape index (κ3) is 16.5. The molecule has 8 N–H and O–H groups in total. The molecule has 0 aromatic carbocycles. The SMILES string of the molecule is NNC(=O)CC(=O)NN.O=C(O)CCC(=O)O. The van der Waals surface area contributed by atoms with Gasteiger partial charge in [0.05, 0.1) is 12.8 Å². The molecule has 0 saturated heterocycles. The Morgan fingerprint density at radius 1 is 0.824 bits per heavy atom. The van der Waals surface area contributed by atoms with E-state index in [1.807, 2.05) is 0 Å². The molecule has 10 heteroatoms. The van der Waals surface area contributed by atoms with E-state index in [1.54, 1.807) is 10.9 Å². The minimum atomic E-state index is -1.08. The molecule has 0 bridgehead atoms. The number of carbonyl (C=O) groups excluding carboxylic acids is 2. The Labute approximate surface area is 95.9 Å². The number of hydrogen-bond acceptors (Lipinski definition) is 6. The summed E-state index contributed by atoms with van der Waals surface area (Å²) in [6, 6.07) is 0. The van der Waals surface area contributed by atoms with Crippen LogP contribution >= 0.6 is 0 Å². The van der Waals surface area contributed by atoms with E-state index in [0.29, 0.717) is 0 Å². The van der Waals surface area contributed by atoms with Crippen molar-refractivity contribution in [2.75, 3.05) is 0 Å². The maximum absolute atomic E-state index is 10.2. The van der Waals surface area contributed by atoms with E-state index >= 15 is 0 Å². The number of aliphatic carboxylic acids is 2. The first kappa shape index (κ1) is 17.2. The molecule has 0 aromatic rings. The first-order valence-electron chi connectivity index (χ1n) is 4.26. The van der Waals surface area contributed by atoms with Gasteiger partial charge in [0.25, 0.3) is 0 Å². The van der Waals surface area contributed by atoms with Crippen LogP contribution in [0.15, 0.2) is 0 Å². The Hall–Kier alpha value is -2.20. The number of carbonyl (C=O) groups is 4. The van der Waals surface area contributed by atoms with Crippen LogP contribution in [-0.4, -0.2) is 34.0 Å². The Morgan fingerprint density at radius 2 is 1.12 bits per heavy atom. The Balaban J connectivity index is 0. The monoisotopic (exact) mass is 250 g/mol. The Bertz CT molecular complexity index is 264. The van der Waals surface area contributed by atoms with Gasteiger partial charge < -0.3 is 10.2 Å². The van der Waals surface area contributed by atoms with Crippen molar-refractivity contribution in [1.29, 1.82) is 0 Å². The molecule has 0 fully saturated rings. The fourth-order valence-electron chi connectivity index (χ4n) is 0.462. The van der Waals surface area contributed by atoms with E-state index in [1.165, 1.54) is 0 Å². The lowest BCUT2D eigenvalue weighted by molar-refractivity contribution is -0.143. The van der Waals surface area contributed by atoms with Crippen LogP contribution in [0.1, 0.15) is 19.3 Å². The second-order valence-electron chi connectivity index (χ2n) is 2.60. The minimum Gasteiger partial charge on any atom is -0.481 e. The summed E-state index contributed by atoms with van der Waals surface area (Å²) in [5.74, 6) is 6.01. The van der Waals surface area contributed by atoms with Crippen LogP contribution in [0.4, 0.5) is 0 Å². The third-order valence-corrected chi connectivity index (χ3v) is 1.20. The molecule has 0 aliphatic rings. The number of nitrogens with two attached hydrogens (primary N) is 2. The van der Waals surface area contributed by atoms with Crippen molar-refractivity contribution in [2.45, 2.75) is 19.3 Å². The summed E-state index contributed by atoms with van der Waals surface area (Å²) < 4.78 is 0. The van der Waals surface area contributed by atoms with Gasteiger partial charge in [-0.1, -0.05) is 0 Å². The molecule has 0 radical (unpaired) electrons. The molecule has 98 valence electrons. The van der Waals surface area contributed by atoms with Crippen molar-refractivity contribution in [3.8, 4) is 0 Å². The topological polar surface area (TPSA) is 185 Å². The highest BCUT2D eigenvalue weighted by molar-refractivity contribution is 5.96. The normalized spacial score (nSPS) is 8.35. The predicted molar refractivity (Wildman–Crippen MR) is 53.8 cm³/mol. The number of amides is 2. The fourth-order valence-corrected chi connectivity index (χ4v) is 0.462. The lowest BCUT2D eigenvalue weighted by atomic mass is 10.3. The zero-order valence-corrected chi connectivity index (χ0v) is 8.80. The maximum atomic E-state index is 10.2. The van der Waals surface area contributed by atoms with Crippen molar-refractivity contribution in [2.24, 2.45) is 11.7 Å². The van der Waals surface area contributed by atoms with Crippen LogP contribution < -0.4 is 22.5 Å². The first-order chi connectivity index (χ1) is 7.83. The molecule has 0 spiro atoms. The van der Waals surface area contributed by atoms with Gasteiger partial charge >= 0.3 is 11.9 Å². The van der Waals surface area contributed by atoms with Crippen molar-refractivity contribution < 1.29 is 29.4 Å². The van der Waals surface area contributed by atoms with E-state index in [-0.39, 0.29) is 19.3 Å². The molecular formula is C7H14N4O6. The molecule has 0 unspecified atom stereocenters. The van der Waals surface area contributed by atoms with Gasteiger partial charge in [0.2, 0.25) is 11.8 Å². The summed E-state index contributed by atoms with van der Waals surface area (Å²) >= 11 is 0. The average molecular weight is 250 g/mol. The van der Waals surface area contributed by atoms with Gasteiger partial charge in [0, 0.05) is 0 Å². The molecule has 0 saturated carbocycles. The summed E-state index contributed by atoms with van der Waals surface area (Å²) in [5, 5.41) is 15.8. The summed E-state index contributed by atoms with van der Waals surface area (Å²) in [5.41, 5.74) is 3.55. The van der Waals surface area contributed by atoms with Gasteiger partial charge in [-0.2, -0.15) is 0 Å². The number of nitrogens with one attached hydrogen (secondary N) is 2. The minimum absolute atomic E-state index is 0.296. The highest BCUT2D eigenvalue weighted by atomic mass is 16.4. The van der Waals surface area contributed by atoms with Crippen LogP contribution in [0.2, 0.25) is 0 Å². The van der Waals surface area contributed by atoms with Gasteiger partial charge in [-0.15, -0.1) is 0 Å². The largest absolute Gasteiger partial charge is 0.481 e. The van der Waals surface area contributed by atoms with Gasteiger partial charge in [-0.05, 0) is 0 Å². The van der Waals surface area contributed by atoms with Gasteiger partial charge in [-0.25, -0.2) is 11.7 Å². The van der Waals surface area contributed by atoms with Crippen LogP contribution in [0.5, 0.6) is 0 Å². The predicted octanol–water partition coefficient (Wildman–Crippen LogP) is -2.71. The van der Waals surface area contributed by atoms with E-state index in [0.717, 1.165) is 0 Å². The highest BCUT2D eigenvalue weighted by Gasteiger charge is 2.04. The maximum Gasteiger partial charge on any atom is 0.303 e. The number of rotatable bonds is 5. The van der Waals surface area contributed by atoms with Crippen molar-refractivity contribution >= 4 is 23.8 Å². The van der Waals surface area contributed by atoms with Crippen LogP contribution in [0.25, 0.3) is 0 Å². The summed E-state index contributed by atoms with van der Waals surface area (Å²) in [6.45, 7) is 0. The second kappa shape index (κ2) is 10.3. The van der Waals surface area contributed by atoms with Crippen LogP contribution in [-0.2, 0) is 19.2 Å². The van der Waals surface area contributed by atoms with Crippen LogP contribution in [0, 0.1) is 0 Å². The van der Waals surface area contributed by atoms with Crippen molar-refractivity contribution in [3.63, 3.8) is 0 Å². The van der Waals surface area contributed by atoms with Crippen molar-refractivity contribution in [1.82, 2.24) is 10.9 Å². The van der Waals surface area contributed by atoms with E-state index in [4.69, 9.17) is 10.2 Å².